The smallest absolute Gasteiger partial charge is 0.281 e. The van der Waals surface area contributed by atoms with Crippen LogP contribution in [0.5, 0.6) is 0 Å². The van der Waals surface area contributed by atoms with E-state index in [-0.39, 0.29) is 0 Å². The molecule has 0 aromatic rings. The maximum Gasteiger partial charge on any atom is 0.281 e. The Kier molecular flexibility index (Phi) is 7.23. The van der Waals surface area contributed by atoms with E-state index < -0.39 is 10.2 Å². The molecule has 0 radical (unpaired) electrons. The molecular formula is C12H27N3O3S. The lowest BCUT2D eigenvalue weighted by molar-refractivity contribution is 0.0616. The molecule has 0 bridgehead atoms. The molecule has 1 heterocycles. The molecule has 1 rings (SSSR count). The largest absolute Gasteiger partial charge is 0.381 e. The highest BCUT2D eigenvalue weighted by atomic mass is 32.2. The van der Waals surface area contributed by atoms with Gasteiger partial charge in [0.15, 0.2) is 0 Å². The Labute approximate surface area is 117 Å². The Balaban J connectivity index is 2.45. The van der Waals surface area contributed by atoms with Gasteiger partial charge in [-0.1, -0.05) is 0 Å². The molecular weight excluding hydrogens is 266 g/mol. The lowest BCUT2D eigenvalue weighted by Gasteiger charge is -2.29. The molecule has 114 valence electrons. The predicted octanol–water partition coefficient (Wildman–Crippen LogP) is 0.131. The lowest BCUT2D eigenvalue weighted by Crippen LogP contribution is -2.43. The summed E-state index contributed by atoms with van der Waals surface area (Å²) in [5.41, 5.74) is 0. The maximum absolute atomic E-state index is 12.3. The molecule has 0 spiro atoms. The van der Waals surface area contributed by atoms with Crippen molar-refractivity contribution in [2.75, 3.05) is 54.0 Å². The first-order chi connectivity index (χ1) is 8.98. The van der Waals surface area contributed by atoms with E-state index in [0.29, 0.717) is 19.0 Å². The zero-order chi connectivity index (χ0) is 14.3. The summed E-state index contributed by atoms with van der Waals surface area (Å²) < 4.78 is 32.8. The van der Waals surface area contributed by atoms with E-state index in [1.807, 2.05) is 7.05 Å². The Bertz CT molecular complexity index is 342. The van der Waals surface area contributed by atoms with Crippen molar-refractivity contribution in [3.8, 4) is 0 Å². The van der Waals surface area contributed by atoms with Gasteiger partial charge in [0.1, 0.15) is 0 Å². The highest BCUT2D eigenvalue weighted by molar-refractivity contribution is 7.86. The summed E-state index contributed by atoms with van der Waals surface area (Å²) in [5, 5.41) is 3.02. The minimum atomic E-state index is -3.32. The highest BCUT2D eigenvalue weighted by Gasteiger charge is 2.26. The second kappa shape index (κ2) is 8.16. The number of nitrogens with zero attached hydrogens (tertiary/aromatic N) is 2. The molecule has 0 unspecified atom stereocenters. The maximum atomic E-state index is 12.3. The summed E-state index contributed by atoms with van der Waals surface area (Å²) in [7, 11) is 1.86. The zero-order valence-electron chi connectivity index (χ0n) is 12.3. The van der Waals surface area contributed by atoms with Gasteiger partial charge in [-0.25, -0.2) is 0 Å². The van der Waals surface area contributed by atoms with E-state index in [4.69, 9.17) is 4.74 Å². The molecule has 1 N–H and O–H groups in total. The number of hydrogen-bond acceptors (Lipinski definition) is 4. The average molecular weight is 293 g/mol. The molecule has 1 aliphatic heterocycles. The number of hydrogen-bond donors (Lipinski definition) is 1. The van der Waals surface area contributed by atoms with E-state index in [2.05, 4.69) is 5.32 Å². The predicted molar refractivity (Wildman–Crippen MR) is 76.3 cm³/mol. The second-order valence-electron chi connectivity index (χ2n) is 5.12. The monoisotopic (exact) mass is 293 g/mol. The van der Waals surface area contributed by atoms with Crippen molar-refractivity contribution >= 4 is 10.2 Å². The van der Waals surface area contributed by atoms with Gasteiger partial charge in [0.2, 0.25) is 0 Å². The minimum absolute atomic E-state index is 0.416. The SMILES string of the molecule is CNCCCN(C)S(=O)(=O)N(C)CC1CCOCC1. The number of nitrogens with one attached hydrogen (secondary N) is 1. The molecule has 1 fully saturated rings. The van der Waals surface area contributed by atoms with Crippen LogP contribution in [0, 0.1) is 5.92 Å². The Morgan fingerprint density at radius 3 is 2.42 bits per heavy atom. The fraction of sp³-hybridized carbons (Fsp3) is 1.00. The third-order valence-corrected chi connectivity index (χ3v) is 5.45. The minimum Gasteiger partial charge on any atom is -0.381 e. The number of rotatable bonds is 8. The third kappa shape index (κ3) is 5.35. The quantitative estimate of drug-likeness (QED) is 0.646. The van der Waals surface area contributed by atoms with E-state index in [9.17, 15) is 8.42 Å². The second-order valence-corrected chi connectivity index (χ2v) is 7.27. The molecule has 1 saturated heterocycles. The average Bonchev–Trinajstić information content (AvgIpc) is 2.40. The van der Waals surface area contributed by atoms with E-state index >= 15 is 0 Å². The molecule has 6 nitrogen and oxygen atoms in total. The Morgan fingerprint density at radius 1 is 1.21 bits per heavy atom. The molecule has 0 aromatic carbocycles. The first-order valence-corrected chi connectivity index (χ1v) is 8.28. The van der Waals surface area contributed by atoms with Gasteiger partial charge < -0.3 is 10.1 Å². The third-order valence-electron chi connectivity index (χ3n) is 3.54. The van der Waals surface area contributed by atoms with Gasteiger partial charge in [0.05, 0.1) is 0 Å². The van der Waals surface area contributed by atoms with Crippen molar-refractivity contribution in [2.24, 2.45) is 5.92 Å². The van der Waals surface area contributed by atoms with Crippen LogP contribution < -0.4 is 5.32 Å². The fourth-order valence-electron chi connectivity index (χ4n) is 2.22. The van der Waals surface area contributed by atoms with Crippen molar-refractivity contribution in [3.63, 3.8) is 0 Å². The molecule has 0 saturated carbocycles. The van der Waals surface area contributed by atoms with E-state index in [1.165, 1.54) is 8.61 Å². The summed E-state index contributed by atoms with van der Waals surface area (Å²) in [4.78, 5) is 0. The van der Waals surface area contributed by atoms with Crippen LogP contribution in [0.2, 0.25) is 0 Å². The van der Waals surface area contributed by atoms with Crippen LogP contribution in [0.1, 0.15) is 19.3 Å². The van der Waals surface area contributed by atoms with Gasteiger partial charge >= 0.3 is 0 Å². The van der Waals surface area contributed by atoms with Crippen molar-refractivity contribution in [1.82, 2.24) is 13.9 Å². The summed E-state index contributed by atoms with van der Waals surface area (Å²) in [6.45, 7) is 3.44. The van der Waals surface area contributed by atoms with Gasteiger partial charge in [-0.2, -0.15) is 17.0 Å². The molecule has 0 aromatic heterocycles. The van der Waals surface area contributed by atoms with Crippen LogP contribution in [-0.2, 0) is 14.9 Å². The molecule has 19 heavy (non-hydrogen) atoms. The molecule has 0 atom stereocenters. The standard InChI is InChI=1S/C12H27N3O3S/c1-13-7-4-8-14(2)19(16,17)15(3)11-12-5-9-18-10-6-12/h12-13H,4-11H2,1-3H3. The summed E-state index contributed by atoms with van der Waals surface area (Å²) in [5.74, 6) is 0.416. The highest BCUT2D eigenvalue weighted by Crippen LogP contribution is 2.17. The number of ether oxygens (including phenoxy) is 1. The van der Waals surface area contributed by atoms with Crippen LogP contribution in [0.3, 0.4) is 0 Å². The van der Waals surface area contributed by atoms with Crippen LogP contribution in [0.25, 0.3) is 0 Å². The molecule has 7 heteroatoms. The summed E-state index contributed by atoms with van der Waals surface area (Å²) in [6.07, 6.45) is 2.71. The Morgan fingerprint density at radius 2 is 1.84 bits per heavy atom. The fourth-order valence-corrected chi connectivity index (χ4v) is 3.45. The first-order valence-electron chi connectivity index (χ1n) is 6.88. The van der Waals surface area contributed by atoms with Crippen LogP contribution in [0.15, 0.2) is 0 Å². The summed E-state index contributed by atoms with van der Waals surface area (Å²) in [6, 6.07) is 0. The van der Waals surface area contributed by atoms with Crippen molar-refractivity contribution in [1.29, 1.82) is 0 Å². The zero-order valence-corrected chi connectivity index (χ0v) is 13.1. The van der Waals surface area contributed by atoms with Gasteiger partial charge in [-0.3, -0.25) is 0 Å². The van der Waals surface area contributed by atoms with Gasteiger partial charge in [0.25, 0.3) is 10.2 Å². The molecule has 0 amide bonds. The first kappa shape index (κ1) is 16.8. The van der Waals surface area contributed by atoms with Crippen molar-refractivity contribution in [2.45, 2.75) is 19.3 Å². The lowest BCUT2D eigenvalue weighted by atomic mass is 10.0. The van der Waals surface area contributed by atoms with Crippen molar-refractivity contribution in [3.05, 3.63) is 0 Å². The Hall–Kier alpha value is -0.210. The van der Waals surface area contributed by atoms with E-state index in [0.717, 1.165) is 39.0 Å². The van der Waals surface area contributed by atoms with Gasteiger partial charge in [-0.05, 0) is 38.8 Å². The van der Waals surface area contributed by atoms with E-state index in [1.54, 1.807) is 14.1 Å². The van der Waals surface area contributed by atoms with Crippen LogP contribution in [0.4, 0.5) is 0 Å². The van der Waals surface area contributed by atoms with Crippen LogP contribution >= 0.6 is 0 Å². The van der Waals surface area contributed by atoms with Crippen LogP contribution in [-0.4, -0.2) is 71.0 Å². The summed E-state index contributed by atoms with van der Waals surface area (Å²) >= 11 is 0. The topological polar surface area (TPSA) is 61.9 Å². The molecule has 1 aliphatic rings. The normalized spacial score (nSPS) is 18.4. The molecule has 0 aliphatic carbocycles. The van der Waals surface area contributed by atoms with Gasteiger partial charge in [0, 0.05) is 40.4 Å². The van der Waals surface area contributed by atoms with Gasteiger partial charge in [-0.15, -0.1) is 0 Å². The van der Waals surface area contributed by atoms with Crippen molar-refractivity contribution < 1.29 is 13.2 Å².